The maximum atomic E-state index is 12.2. The molecule has 0 radical (unpaired) electrons. The van der Waals surface area contributed by atoms with Gasteiger partial charge in [0.05, 0.1) is 0 Å². The van der Waals surface area contributed by atoms with Crippen molar-refractivity contribution in [3.63, 3.8) is 0 Å². The van der Waals surface area contributed by atoms with Gasteiger partial charge in [0, 0.05) is 24.8 Å². The standard InChI is InChI=1S/C15H23N3O4/c1-3-10(2)18(9-14(20)21)13(19)6-4-5-12-16-15(17-22-12)11-7-8-11/h10-11H,3-9H2,1-2H3,(H,20,21). The van der Waals surface area contributed by atoms with E-state index >= 15 is 0 Å². The van der Waals surface area contributed by atoms with Crippen LogP contribution < -0.4 is 0 Å². The number of carboxylic acid groups (broad SMARTS) is 1. The van der Waals surface area contributed by atoms with E-state index in [1.165, 1.54) is 4.90 Å². The highest BCUT2D eigenvalue weighted by Gasteiger charge is 2.28. The summed E-state index contributed by atoms with van der Waals surface area (Å²) in [5.74, 6) is 0.658. The number of hydrogen-bond donors (Lipinski definition) is 1. The second kappa shape index (κ2) is 7.38. The summed E-state index contributed by atoms with van der Waals surface area (Å²) in [7, 11) is 0. The second-order valence-electron chi connectivity index (χ2n) is 5.85. The Morgan fingerprint density at radius 2 is 2.18 bits per heavy atom. The lowest BCUT2D eigenvalue weighted by atomic mass is 10.1. The zero-order chi connectivity index (χ0) is 16.1. The van der Waals surface area contributed by atoms with Crippen molar-refractivity contribution in [3.05, 3.63) is 11.7 Å². The topological polar surface area (TPSA) is 96.5 Å². The highest BCUT2D eigenvalue weighted by Crippen LogP contribution is 2.38. The summed E-state index contributed by atoms with van der Waals surface area (Å²) in [5, 5.41) is 12.8. The van der Waals surface area contributed by atoms with Crippen LogP contribution in [0.4, 0.5) is 0 Å². The van der Waals surface area contributed by atoms with Gasteiger partial charge in [0.2, 0.25) is 11.8 Å². The molecule has 1 heterocycles. The molecule has 7 nitrogen and oxygen atoms in total. The zero-order valence-corrected chi connectivity index (χ0v) is 13.1. The molecular weight excluding hydrogens is 286 g/mol. The van der Waals surface area contributed by atoms with E-state index < -0.39 is 5.97 Å². The van der Waals surface area contributed by atoms with Crippen LogP contribution in [0.1, 0.15) is 63.6 Å². The zero-order valence-electron chi connectivity index (χ0n) is 13.1. The third kappa shape index (κ3) is 4.54. The van der Waals surface area contributed by atoms with Crippen LogP contribution in [0.5, 0.6) is 0 Å². The van der Waals surface area contributed by atoms with Gasteiger partial charge >= 0.3 is 5.97 Å². The number of aryl methyl sites for hydroxylation is 1. The van der Waals surface area contributed by atoms with Crippen LogP contribution in [0.2, 0.25) is 0 Å². The molecule has 1 aliphatic carbocycles. The van der Waals surface area contributed by atoms with Crippen LogP contribution in [0.25, 0.3) is 0 Å². The summed E-state index contributed by atoms with van der Waals surface area (Å²) >= 11 is 0. The van der Waals surface area contributed by atoms with Crippen LogP contribution in [-0.2, 0) is 16.0 Å². The molecule has 1 fully saturated rings. The van der Waals surface area contributed by atoms with E-state index in [-0.39, 0.29) is 18.5 Å². The summed E-state index contributed by atoms with van der Waals surface area (Å²) in [6.45, 7) is 3.55. The molecule has 1 amide bonds. The fraction of sp³-hybridized carbons (Fsp3) is 0.733. The largest absolute Gasteiger partial charge is 0.480 e. The van der Waals surface area contributed by atoms with E-state index in [9.17, 15) is 9.59 Å². The third-order valence-corrected chi connectivity index (χ3v) is 3.96. The van der Waals surface area contributed by atoms with Crippen LogP contribution in [-0.4, -0.2) is 44.6 Å². The van der Waals surface area contributed by atoms with Crippen molar-refractivity contribution in [2.45, 2.75) is 64.3 Å². The third-order valence-electron chi connectivity index (χ3n) is 3.96. The molecule has 0 saturated heterocycles. The first-order valence-corrected chi connectivity index (χ1v) is 7.85. The fourth-order valence-corrected chi connectivity index (χ4v) is 2.27. The lowest BCUT2D eigenvalue weighted by Gasteiger charge is -2.26. The number of carbonyl (C=O) groups is 2. The molecule has 122 valence electrons. The minimum Gasteiger partial charge on any atom is -0.480 e. The summed E-state index contributed by atoms with van der Waals surface area (Å²) in [4.78, 5) is 28.8. The number of hydrogen-bond acceptors (Lipinski definition) is 5. The SMILES string of the molecule is CCC(C)N(CC(=O)O)C(=O)CCCc1nc(C2CC2)no1. The quantitative estimate of drug-likeness (QED) is 0.749. The summed E-state index contributed by atoms with van der Waals surface area (Å²) in [5.41, 5.74) is 0. The van der Waals surface area contributed by atoms with Gasteiger partial charge in [0.15, 0.2) is 5.82 Å². The van der Waals surface area contributed by atoms with Crippen molar-refractivity contribution < 1.29 is 19.2 Å². The summed E-state index contributed by atoms with van der Waals surface area (Å²) in [6.07, 6.45) is 4.39. The molecule has 0 aromatic carbocycles. The minimum atomic E-state index is -0.986. The molecule has 1 aromatic heterocycles. The van der Waals surface area contributed by atoms with Crippen molar-refractivity contribution in [1.82, 2.24) is 15.0 Å². The molecule has 1 aliphatic rings. The molecule has 1 atom stereocenters. The smallest absolute Gasteiger partial charge is 0.323 e. The maximum Gasteiger partial charge on any atom is 0.323 e. The Labute approximate surface area is 129 Å². The minimum absolute atomic E-state index is 0.0755. The highest BCUT2D eigenvalue weighted by molar-refractivity contribution is 5.81. The van der Waals surface area contributed by atoms with E-state index in [1.54, 1.807) is 0 Å². The summed E-state index contributed by atoms with van der Waals surface area (Å²) < 4.78 is 5.16. The van der Waals surface area contributed by atoms with Crippen LogP contribution >= 0.6 is 0 Å². The van der Waals surface area contributed by atoms with Crippen molar-refractivity contribution >= 4 is 11.9 Å². The first-order chi connectivity index (χ1) is 10.5. The van der Waals surface area contributed by atoms with E-state index in [2.05, 4.69) is 10.1 Å². The van der Waals surface area contributed by atoms with E-state index in [0.717, 1.165) is 25.1 Å². The molecule has 7 heteroatoms. The summed E-state index contributed by atoms with van der Waals surface area (Å²) in [6, 6.07) is -0.0755. The average Bonchev–Trinajstić information content (AvgIpc) is 3.23. The van der Waals surface area contributed by atoms with Gasteiger partial charge in [-0.1, -0.05) is 12.1 Å². The van der Waals surface area contributed by atoms with Gasteiger partial charge in [-0.3, -0.25) is 9.59 Å². The molecule has 0 aliphatic heterocycles. The van der Waals surface area contributed by atoms with Gasteiger partial charge in [0.1, 0.15) is 6.54 Å². The van der Waals surface area contributed by atoms with Gasteiger partial charge in [-0.15, -0.1) is 0 Å². The van der Waals surface area contributed by atoms with Crippen molar-refractivity contribution in [2.24, 2.45) is 0 Å². The second-order valence-corrected chi connectivity index (χ2v) is 5.85. The highest BCUT2D eigenvalue weighted by atomic mass is 16.5. The fourth-order valence-electron chi connectivity index (χ4n) is 2.27. The van der Waals surface area contributed by atoms with Crippen LogP contribution in [0.15, 0.2) is 4.52 Å². The van der Waals surface area contributed by atoms with Crippen LogP contribution in [0.3, 0.4) is 0 Å². The predicted molar refractivity (Wildman–Crippen MR) is 78.3 cm³/mol. The first kappa shape index (κ1) is 16.5. The lowest BCUT2D eigenvalue weighted by Crippen LogP contribution is -2.41. The van der Waals surface area contributed by atoms with E-state index in [0.29, 0.717) is 31.1 Å². The Morgan fingerprint density at radius 1 is 1.45 bits per heavy atom. The Kier molecular flexibility index (Phi) is 5.51. The number of rotatable bonds is 9. The molecule has 1 aromatic rings. The van der Waals surface area contributed by atoms with Crippen molar-refractivity contribution in [3.8, 4) is 0 Å². The number of aromatic nitrogens is 2. The molecule has 1 N–H and O–H groups in total. The van der Waals surface area contributed by atoms with Crippen molar-refractivity contribution in [2.75, 3.05) is 6.54 Å². The molecular formula is C15H23N3O4. The van der Waals surface area contributed by atoms with Crippen LogP contribution in [0, 0.1) is 0 Å². The Morgan fingerprint density at radius 3 is 2.77 bits per heavy atom. The maximum absolute atomic E-state index is 12.2. The molecule has 0 spiro atoms. The number of aliphatic carboxylic acids is 1. The Bertz CT molecular complexity index is 525. The normalized spacial score (nSPS) is 15.5. The number of carbonyl (C=O) groups excluding carboxylic acids is 1. The Balaban J connectivity index is 1.79. The predicted octanol–water partition coefficient (Wildman–Crippen LogP) is 1.98. The lowest BCUT2D eigenvalue weighted by molar-refractivity contribution is -0.146. The first-order valence-electron chi connectivity index (χ1n) is 7.85. The van der Waals surface area contributed by atoms with E-state index in [4.69, 9.17) is 9.63 Å². The number of carboxylic acids is 1. The van der Waals surface area contributed by atoms with Crippen molar-refractivity contribution in [1.29, 1.82) is 0 Å². The molecule has 1 unspecified atom stereocenters. The van der Waals surface area contributed by atoms with Gasteiger partial charge in [0.25, 0.3) is 0 Å². The van der Waals surface area contributed by atoms with Gasteiger partial charge in [-0.2, -0.15) is 4.98 Å². The molecule has 1 saturated carbocycles. The average molecular weight is 309 g/mol. The molecule has 2 rings (SSSR count). The van der Waals surface area contributed by atoms with E-state index in [1.807, 2.05) is 13.8 Å². The van der Waals surface area contributed by atoms with Gasteiger partial charge in [-0.25, -0.2) is 0 Å². The number of amides is 1. The Hall–Kier alpha value is -1.92. The van der Waals surface area contributed by atoms with Gasteiger partial charge in [-0.05, 0) is 32.6 Å². The number of nitrogens with zero attached hydrogens (tertiary/aromatic N) is 3. The monoisotopic (exact) mass is 309 g/mol. The molecule has 22 heavy (non-hydrogen) atoms. The molecule has 0 bridgehead atoms. The van der Waals surface area contributed by atoms with Gasteiger partial charge < -0.3 is 14.5 Å².